The van der Waals surface area contributed by atoms with Gasteiger partial charge < -0.3 is 9.47 Å². The molecular weight excluding hydrogens is 349 g/mol. The summed E-state index contributed by atoms with van der Waals surface area (Å²) in [5.74, 6) is -0.730. The van der Waals surface area contributed by atoms with Crippen LogP contribution in [-0.2, 0) is 14.3 Å². The molecule has 2 aliphatic heterocycles. The number of amides is 1. The number of halogens is 1. The van der Waals surface area contributed by atoms with Crippen LogP contribution >= 0.6 is 0 Å². The van der Waals surface area contributed by atoms with Crippen molar-refractivity contribution in [3.8, 4) is 5.75 Å². The summed E-state index contributed by atoms with van der Waals surface area (Å²) in [6.45, 7) is 2.47. The number of anilines is 1. The Balaban J connectivity index is 1.75. The van der Waals surface area contributed by atoms with E-state index in [0.29, 0.717) is 23.6 Å². The fourth-order valence-electron chi connectivity index (χ4n) is 3.62. The zero-order valence-corrected chi connectivity index (χ0v) is 14.8. The average molecular weight is 367 g/mol. The smallest absolute Gasteiger partial charge is 0.336 e. The van der Waals surface area contributed by atoms with Gasteiger partial charge in [0.1, 0.15) is 18.2 Å². The summed E-state index contributed by atoms with van der Waals surface area (Å²) in [4.78, 5) is 26.7. The van der Waals surface area contributed by atoms with Crippen molar-refractivity contribution >= 4 is 17.6 Å². The molecule has 0 N–H and O–H groups in total. The second-order valence-electron chi connectivity index (χ2n) is 6.40. The number of esters is 1. The third-order valence-electron chi connectivity index (χ3n) is 4.78. The number of nitrogens with zero attached hydrogens (tertiary/aromatic N) is 1. The van der Waals surface area contributed by atoms with Gasteiger partial charge >= 0.3 is 5.97 Å². The fraction of sp³-hybridized carbons (Fsp3) is 0.238. The maximum absolute atomic E-state index is 13.6. The number of carbonyl (C=O) groups is 2. The van der Waals surface area contributed by atoms with E-state index in [4.69, 9.17) is 9.47 Å². The lowest BCUT2D eigenvalue weighted by molar-refractivity contribution is -0.136. The molecular formula is C21H18FNO4. The molecule has 0 aromatic heterocycles. The summed E-state index contributed by atoms with van der Waals surface area (Å²) < 4.78 is 24.3. The zero-order valence-electron chi connectivity index (χ0n) is 14.8. The highest BCUT2D eigenvalue weighted by atomic mass is 19.1. The zero-order chi connectivity index (χ0) is 19.0. The molecule has 27 heavy (non-hydrogen) atoms. The van der Waals surface area contributed by atoms with Gasteiger partial charge in [-0.3, -0.25) is 9.69 Å². The molecule has 1 atom stereocenters. The van der Waals surface area contributed by atoms with Crippen LogP contribution < -0.4 is 9.64 Å². The molecule has 0 aliphatic carbocycles. The van der Waals surface area contributed by atoms with Gasteiger partial charge in [-0.2, -0.15) is 0 Å². The van der Waals surface area contributed by atoms with Crippen LogP contribution in [-0.4, -0.2) is 25.1 Å². The standard InChI is InChI=1S/C21H18FNO4/c1-2-26-16-8-6-13(7-9-16)17-11-19(24)23(15-5-3-4-14(22)10-15)18-12-27-21(25)20(17)18/h3-10,17H,2,11-12H2,1H3/t17-/m1/s1. The lowest BCUT2D eigenvalue weighted by atomic mass is 9.84. The molecule has 2 aromatic carbocycles. The molecule has 6 heteroatoms. The predicted octanol–water partition coefficient (Wildman–Crippen LogP) is 3.56. The van der Waals surface area contributed by atoms with E-state index in [9.17, 15) is 14.0 Å². The molecule has 0 bridgehead atoms. The quantitative estimate of drug-likeness (QED) is 0.776. The average Bonchev–Trinajstić information content (AvgIpc) is 3.03. The van der Waals surface area contributed by atoms with Crippen LogP contribution in [0.1, 0.15) is 24.8 Å². The first-order chi connectivity index (χ1) is 13.1. The van der Waals surface area contributed by atoms with E-state index in [1.165, 1.54) is 23.1 Å². The molecule has 0 radical (unpaired) electrons. The SMILES string of the molecule is CCOc1ccc([C@H]2CC(=O)N(c3cccc(F)c3)C3=C2C(=O)OC3)cc1. The molecule has 2 aromatic rings. The Morgan fingerprint density at radius 2 is 1.96 bits per heavy atom. The third kappa shape index (κ3) is 3.07. The fourth-order valence-corrected chi connectivity index (χ4v) is 3.62. The Labute approximate surface area is 156 Å². The first-order valence-electron chi connectivity index (χ1n) is 8.80. The van der Waals surface area contributed by atoms with Crippen LogP contribution in [0.3, 0.4) is 0 Å². The van der Waals surface area contributed by atoms with Crippen molar-refractivity contribution in [3.05, 3.63) is 71.2 Å². The summed E-state index contributed by atoms with van der Waals surface area (Å²) in [6, 6.07) is 13.1. The molecule has 4 rings (SSSR count). The number of rotatable bonds is 4. The monoisotopic (exact) mass is 367 g/mol. The number of hydrogen-bond acceptors (Lipinski definition) is 4. The van der Waals surface area contributed by atoms with Crippen molar-refractivity contribution in [2.24, 2.45) is 0 Å². The summed E-state index contributed by atoms with van der Waals surface area (Å²) in [5.41, 5.74) is 2.19. The Morgan fingerprint density at radius 3 is 2.67 bits per heavy atom. The van der Waals surface area contributed by atoms with Crippen LogP contribution in [0.15, 0.2) is 59.8 Å². The summed E-state index contributed by atoms with van der Waals surface area (Å²) >= 11 is 0. The predicted molar refractivity (Wildman–Crippen MR) is 96.8 cm³/mol. The highest BCUT2D eigenvalue weighted by molar-refractivity contribution is 6.06. The van der Waals surface area contributed by atoms with Gasteiger partial charge in [-0.15, -0.1) is 0 Å². The molecule has 138 valence electrons. The summed E-state index contributed by atoms with van der Waals surface area (Å²) in [6.07, 6.45) is 0.110. The van der Waals surface area contributed by atoms with Crippen molar-refractivity contribution in [2.45, 2.75) is 19.3 Å². The molecule has 2 heterocycles. The van der Waals surface area contributed by atoms with Crippen molar-refractivity contribution in [1.29, 1.82) is 0 Å². The largest absolute Gasteiger partial charge is 0.494 e. The van der Waals surface area contributed by atoms with Gasteiger partial charge in [0.25, 0.3) is 0 Å². The maximum Gasteiger partial charge on any atom is 0.336 e. The minimum absolute atomic E-state index is 0.00392. The number of benzene rings is 2. The normalized spacial score (nSPS) is 19.2. The highest BCUT2D eigenvalue weighted by Gasteiger charge is 2.42. The van der Waals surface area contributed by atoms with Crippen molar-refractivity contribution < 1.29 is 23.5 Å². The van der Waals surface area contributed by atoms with Gasteiger partial charge in [0, 0.05) is 12.3 Å². The lowest BCUT2D eigenvalue weighted by Crippen LogP contribution is -2.37. The van der Waals surface area contributed by atoms with Crippen molar-refractivity contribution in [2.75, 3.05) is 18.1 Å². The lowest BCUT2D eigenvalue weighted by Gasteiger charge is -2.31. The van der Waals surface area contributed by atoms with Gasteiger partial charge in [-0.05, 0) is 42.8 Å². The summed E-state index contributed by atoms with van der Waals surface area (Å²) in [7, 11) is 0. The number of cyclic esters (lactones) is 1. The molecule has 0 unspecified atom stereocenters. The van der Waals surface area contributed by atoms with E-state index < -0.39 is 11.8 Å². The Morgan fingerprint density at radius 1 is 1.19 bits per heavy atom. The van der Waals surface area contributed by atoms with Gasteiger partial charge in [0.15, 0.2) is 0 Å². The molecule has 0 spiro atoms. The second kappa shape index (κ2) is 6.87. The first kappa shape index (κ1) is 17.3. The van der Waals surface area contributed by atoms with E-state index >= 15 is 0 Å². The Kier molecular flexibility index (Phi) is 4.39. The molecule has 2 aliphatic rings. The first-order valence-corrected chi connectivity index (χ1v) is 8.80. The van der Waals surface area contributed by atoms with Crippen molar-refractivity contribution in [3.63, 3.8) is 0 Å². The molecule has 1 amide bonds. The van der Waals surface area contributed by atoms with Gasteiger partial charge in [-0.1, -0.05) is 18.2 Å². The minimum Gasteiger partial charge on any atom is -0.494 e. The van der Waals surface area contributed by atoms with E-state index in [2.05, 4.69) is 0 Å². The number of ether oxygens (including phenoxy) is 2. The van der Waals surface area contributed by atoms with Crippen LogP contribution in [0, 0.1) is 5.82 Å². The molecule has 0 saturated heterocycles. The van der Waals surface area contributed by atoms with E-state index in [1.54, 1.807) is 6.07 Å². The summed E-state index contributed by atoms with van der Waals surface area (Å²) in [5, 5.41) is 0. The van der Waals surface area contributed by atoms with Gasteiger partial charge in [0.05, 0.1) is 23.6 Å². The number of hydrogen-bond donors (Lipinski definition) is 0. The Bertz CT molecular complexity index is 935. The highest BCUT2D eigenvalue weighted by Crippen LogP contribution is 2.42. The maximum atomic E-state index is 13.6. The Hall–Kier alpha value is -3.15. The van der Waals surface area contributed by atoms with E-state index in [1.807, 2.05) is 31.2 Å². The molecule has 0 fully saturated rings. The molecule has 5 nitrogen and oxygen atoms in total. The van der Waals surface area contributed by atoms with Crippen LogP contribution in [0.25, 0.3) is 0 Å². The second-order valence-corrected chi connectivity index (χ2v) is 6.40. The third-order valence-corrected chi connectivity index (χ3v) is 4.78. The van der Waals surface area contributed by atoms with Gasteiger partial charge in [0.2, 0.25) is 5.91 Å². The van der Waals surface area contributed by atoms with Crippen molar-refractivity contribution in [1.82, 2.24) is 0 Å². The minimum atomic E-state index is -0.443. The van der Waals surface area contributed by atoms with Crippen LogP contribution in [0.2, 0.25) is 0 Å². The molecule has 0 saturated carbocycles. The van der Waals surface area contributed by atoms with E-state index in [0.717, 1.165) is 11.3 Å². The van der Waals surface area contributed by atoms with Gasteiger partial charge in [-0.25, -0.2) is 9.18 Å². The van der Waals surface area contributed by atoms with E-state index in [-0.39, 0.29) is 24.9 Å². The topological polar surface area (TPSA) is 55.8 Å². The van der Waals surface area contributed by atoms with Crippen LogP contribution in [0.4, 0.5) is 10.1 Å². The number of carbonyl (C=O) groups excluding carboxylic acids is 2. The van der Waals surface area contributed by atoms with Crippen LogP contribution in [0.5, 0.6) is 5.75 Å².